The second-order valence-corrected chi connectivity index (χ2v) is 9.02. The van der Waals surface area contributed by atoms with Gasteiger partial charge in [0.05, 0.1) is 33.1 Å². The van der Waals surface area contributed by atoms with E-state index in [1.54, 1.807) is 38.1 Å². The Labute approximate surface area is 177 Å². The molecule has 2 heterocycles. The summed E-state index contributed by atoms with van der Waals surface area (Å²) in [5.41, 5.74) is 0.349. The molecule has 9 heteroatoms. The number of amides is 2. The number of carbonyl (C=O) groups excluding carboxylic acids is 2. The summed E-state index contributed by atoms with van der Waals surface area (Å²) >= 11 is 13.4. The fourth-order valence-electron chi connectivity index (χ4n) is 2.77. The molecular weight excluding hydrogens is 421 g/mol. The van der Waals surface area contributed by atoms with Gasteiger partial charge in [-0.05, 0) is 44.2 Å². The number of ether oxygens (including phenoxy) is 1. The van der Waals surface area contributed by atoms with Gasteiger partial charge in [0.15, 0.2) is 0 Å². The first-order chi connectivity index (χ1) is 13.3. The minimum Gasteiger partial charge on any atom is -0.378 e. The maximum atomic E-state index is 12.7. The summed E-state index contributed by atoms with van der Waals surface area (Å²) in [5, 5.41) is 6.09. The Balaban J connectivity index is 1.65. The molecule has 0 unspecified atom stereocenters. The van der Waals surface area contributed by atoms with Crippen molar-refractivity contribution < 1.29 is 14.3 Å². The van der Waals surface area contributed by atoms with Crippen molar-refractivity contribution in [2.45, 2.75) is 19.4 Å². The third kappa shape index (κ3) is 4.97. The van der Waals surface area contributed by atoms with Gasteiger partial charge in [-0.15, -0.1) is 11.3 Å². The molecule has 3 rings (SSSR count). The fraction of sp³-hybridized carbons (Fsp3) is 0.368. The lowest BCUT2D eigenvalue weighted by atomic mass is 10.0. The van der Waals surface area contributed by atoms with Crippen LogP contribution in [0.1, 0.15) is 23.5 Å². The van der Waals surface area contributed by atoms with Gasteiger partial charge in [0.2, 0.25) is 5.91 Å². The Morgan fingerprint density at radius 3 is 2.46 bits per heavy atom. The van der Waals surface area contributed by atoms with Gasteiger partial charge in [-0.25, -0.2) is 0 Å². The van der Waals surface area contributed by atoms with Crippen molar-refractivity contribution in [2.24, 2.45) is 0 Å². The summed E-state index contributed by atoms with van der Waals surface area (Å²) < 4.78 is 5.87. The van der Waals surface area contributed by atoms with E-state index >= 15 is 0 Å². The summed E-state index contributed by atoms with van der Waals surface area (Å²) in [6.07, 6.45) is 0. The number of nitrogens with one attached hydrogen (secondary N) is 2. The maximum absolute atomic E-state index is 12.7. The number of nitrogens with zero attached hydrogens (tertiary/aromatic N) is 1. The Hall–Kier alpha value is -1.80. The number of thiophene rings is 1. The normalized spacial score (nSPS) is 14.6. The number of rotatable bonds is 5. The van der Waals surface area contributed by atoms with Crippen LogP contribution in [0, 0.1) is 0 Å². The Kier molecular flexibility index (Phi) is 6.50. The number of benzene rings is 1. The minimum absolute atomic E-state index is 0.348. The number of morpholine rings is 1. The highest BCUT2D eigenvalue weighted by Gasteiger charge is 2.30. The van der Waals surface area contributed by atoms with Gasteiger partial charge in [0, 0.05) is 18.8 Å². The number of halogens is 2. The van der Waals surface area contributed by atoms with Crippen molar-refractivity contribution in [1.82, 2.24) is 5.32 Å². The van der Waals surface area contributed by atoms with Gasteiger partial charge in [-0.3, -0.25) is 9.59 Å². The van der Waals surface area contributed by atoms with Crippen molar-refractivity contribution in [2.75, 3.05) is 36.5 Å². The van der Waals surface area contributed by atoms with Crippen LogP contribution < -0.4 is 15.5 Å². The molecule has 1 fully saturated rings. The van der Waals surface area contributed by atoms with Gasteiger partial charge in [0.25, 0.3) is 5.91 Å². The molecule has 2 aromatic rings. The number of hydrogen-bond acceptors (Lipinski definition) is 5. The largest absolute Gasteiger partial charge is 0.378 e. The van der Waals surface area contributed by atoms with Gasteiger partial charge in [0.1, 0.15) is 5.54 Å². The highest BCUT2D eigenvalue weighted by atomic mass is 35.5. The molecule has 0 aliphatic carbocycles. The molecule has 1 aliphatic heterocycles. The van der Waals surface area contributed by atoms with Crippen LogP contribution in [0.4, 0.5) is 11.4 Å². The van der Waals surface area contributed by atoms with Gasteiger partial charge < -0.3 is 20.3 Å². The highest BCUT2D eigenvalue weighted by molar-refractivity contribution is 7.18. The van der Waals surface area contributed by atoms with E-state index in [2.05, 4.69) is 15.5 Å². The summed E-state index contributed by atoms with van der Waals surface area (Å²) in [5.74, 6) is -0.698. The lowest BCUT2D eigenvalue weighted by Crippen LogP contribution is -2.52. The van der Waals surface area contributed by atoms with E-state index in [1.165, 1.54) is 0 Å². The lowest BCUT2D eigenvalue weighted by molar-refractivity contribution is -0.120. The Morgan fingerprint density at radius 1 is 1.14 bits per heavy atom. The lowest BCUT2D eigenvalue weighted by Gasteiger charge is -2.30. The standard InChI is InChI=1S/C19H21Cl2N3O3S/c1-19(2,23-17(25)15-5-6-16(21)28-15)18(26)22-12-3-4-14(13(20)11-12)24-7-9-27-10-8-24/h3-6,11H,7-10H2,1-2H3,(H,22,26)(H,23,25). The monoisotopic (exact) mass is 441 g/mol. The average molecular weight is 442 g/mol. The molecule has 28 heavy (non-hydrogen) atoms. The number of anilines is 2. The molecule has 150 valence electrons. The predicted molar refractivity (Wildman–Crippen MR) is 114 cm³/mol. The van der Waals surface area contributed by atoms with Crippen molar-refractivity contribution in [3.8, 4) is 0 Å². The van der Waals surface area contributed by atoms with Gasteiger partial charge in [-0.1, -0.05) is 23.2 Å². The van der Waals surface area contributed by atoms with E-state index in [9.17, 15) is 9.59 Å². The zero-order valence-electron chi connectivity index (χ0n) is 15.6. The predicted octanol–water partition coefficient (Wildman–Crippen LogP) is 4.04. The first kappa shape index (κ1) is 20.9. The second-order valence-electron chi connectivity index (χ2n) is 6.90. The van der Waals surface area contributed by atoms with Crippen LogP contribution in [0.15, 0.2) is 30.3 Å². The zero-order chi connectivity index (χ0) is 20.3. The molecule has 0 atom stereocenters. The van der Waals surface area contributed by atoms with E-state index in [4.69, 9.17) is 27.9 Å². The van der Waals surface area contributed by atoms with Crippen LogP contribution in [0.3, 0.4) is 0 Å². The van der Waals surface area contributed by atoms with E-state index < -0.39 is 5.54 Å². The van der Waals surface area contributed by atoms with Crippen molar-refractivity contribution in [3.63, 3.8) is 0 Å². The summed E-state index contributed by atoms with van der Waals surface area (Å²) in [6.45, 7) is 6.16. The summed E-state index contributed by atoms with van der Waals surface area (Å²) in [4.78, 5) is 27.6. The molecule has 1 aliphatic rings. The average Bonchev–Trinajstić information content (AvgIpc) is 3.09. The molecule has 6 nitrogen and oxygen atoms in total. The molecule has 0 bridgehead atoms. The summed E-state index contributed by atoms with van der Waals surface area (Å²) in [7, 11) is 0. The van der Waals surface area contributed by atoms with Crippen molar-refractivity contribution in [3.05, 3.63) is 44.6 Å². The SMILES string of the molecule is CC(C)(NC(=O)c1ccc(Cl)s1)C(=O)Nc1ccc(N2CCOCC2)c(Cl)c1. The van der Waals surface area contributed by atoms with E-state index in [-0.39, 0.29) is 11.8 Å². The third-order valence-electron chi connectivity index (χ3n) is 4.35. The van der Waals surface area contributed by atoms with Crippen LogP contribution in [0.5, 0.6) is 0 Å². The van der Waals surface area contributed by atoms with Crippen molar-refractivity contribution >= 4 is 57.7 Å². The molecular formula is C19H21Cl2N3O3S. The van der Waals surface area contributed by atoms with E-state index in [0.29, 0.717) is 33.1 Å². The fourth-order valence-corrected chi connectivity index (χ4v) is 4.01. The number of carbonyl (C=O) groups is 2. The maximum Gasteiger partial charge on any atom is 0.262 e. The molecule has 1 saturated heterocycles. The van der Waals surface area contributed by atoms with Crippen LogP contribution >= 0.6 is 34.5 Å². The van der Waals surface area contributed by atoms with E-state index in [1.807, 2.05) is 6.07 Å². The second kappa shape index (κ2) is 8.69. The minimum atomic E-state index is -1.12. The summed E-state index contributed by atoms with van der Waals surface area (Å²) in [6, 6.07) is 8.65. The van der Waals surface area contributed by atoms with Crippen LogP contribution in [-0.4, -0.2) is 43.7 Å². The molecule has 0 radical (unpaired) electrons. The smallest absolute Gasteiger partial charge is 0.262 e. The first-order valence-electron chi connectivity index (χ1n) is 8.78. The Morgan fingerprint density at radius 2 is 1.86 bits per heavy atom. The van der Waals surface area contributed by atoms with Crippen LogP contribution in [-0.2, 0) is 9.53 Å². The van der Waals surface area contributed by atoms with Crippen molar-refractivity contribution in [1.29, 1.82) is 0 Å². The van der Waals surface area contributed by atoms with Gasteiger partial charge >= 0.3 is 0 Å². The Bertz CT molecular complexity index is 879. The quantitative estimate of drug-likeness (QED) is 0.734. The van der Waals surface area contributed by atoms with Crippen LogP contribution in [0.25, 0.3) is 0 Å². The van der Waals surface area contributed by atoms with Gasteiger partial charge in [-0.2, -0.15) is 0 Å². The molecule has 0 saturated carbocycles. The molecule has 2 amide bonds. The molecule has 2 N–H and O–H groups in total. The zero-order valence-corrected chi connectivity index (χ0v) is 17.9. The third-order valence-corrected chi connectivity index (χ3v) is 5.88. The topological polar surface area (TPSA) is 70.7 Å². The first-order valence-corrected chi connectivity index (χ1v) is 10.3. The molecule has 1 aromatic heterocycles. The number of hydrogen-bond donors (Lipinski definition) is 2. The molecule has 0 spiro atoms. The van der Waals surface area contributed by atoms with E-state index in [0.717, 1.165) is 30.1 Å². The van der Waals surface area contributed by atoms with Crippen LogP contribution in [0.2, 0.25) is 9.36 Å². The molecule has 1 aromatic carbocycles. The highest BCUT2D eigenvalue weighted by Crippen LogP contribution is 2.30.